The Morgan fingerprint density at radius 1 is 1.38 bits per heavy atom. The summed E-state index contributed by atoms with van der Waals surface area (Å²) in [7, 11) is 0. The quantitative estimate of drug-likeness (QED) is 0.808. The van der Waals surface area contributed by atoms with Crippen LogP contribution in [0.15, 0.2) is 28.7 Å². The highest BCUT2D eigenvalue weighted by Crippen LogP contribution is 2.34. The van der Waals surface area contributed by atoms with E-state index in [0.29, 0.717) is 0 Å². The van der Waals surface area contributed by atoms with Gasteiger partial charge in [0.15, 0.2) is 0 Å². The van der Waals surface area contributed by atoms with Gasteiger partial charge in [0.05, 0.1) is 15.9 Å². The predicted octanol–water partition coefficient (Wildman–Crippen LogP) is 4.29. The van der Waals surface area contributed by atoms with Crippen molar-refractivity contribution < 1.29 is 0 Å². The van der Waals surface area contributed by atoms with E-state index in [2.05, 4.69) is 28.0 Å². The number of rotatable bonds is 2. The van der Waals surface area contributed by atoms with Gasteiger partial charge in [-0.15, -0.1) is 0 Å². The summed E-state index contributed by atoms with van der Waals surface area (Å²) in [5.74, 6) is 0. The maximum Gasteiger partial charge on any atom is 0.0842 e. The first kappa shape index (κ1) is 11.7. The fourth-order valence-corrected chi connectivity index (χ4v) is 2.42. The molecule has 0 unspecified atom stereocenters. The molecule has 0 aliphatic carbocycles. The lowest BCUT2D eigenvalue weighted by Crippen LogP contribution is -1.99. The molecule has 84 valence electrons. The second-order valence-corrected chi connectivity index (χ2v) is 4.74. The number of aromatic nitrogens is 2. The van der Waals surface area contributed by atoms with E-state index < -0.39 is 0 Å². The second-order valence-electron chi connectivity index (χ2n) is 3.54. The third-order valence-corrected chi connectivity index (χ3v) is 3.76. The van der Waals surface area contributed by atoms with Gasteiger partial charge in [-0.2, -0.15) is 5.10 Å². The number of aryl methyl sites for hydroxylation is 2. The summed E-state index contributed by atoms with van der Waals surface area (Å²) in [6.07, 6.45) is 0. The number of nitrogens with zero attached hydrogens (tertiary/aromatic N) is 2. The van der Waals surface area contributed by atoms with Crippen LogP contribution in [0.3, 0.4) is 0 Å². The smallest absolute Gasteiger partial charge is 0.0842 e. The highest BCUT2D eigenvalue weighted by atomic mass is 79.9. The maximum absolute atomic E-state index is 6.21. The molecule has 0 aliphatic rings. The van der Waals surface area contributed by atoms with Crippen molar-refractivity contribution in [3.05, 3.63) is 39.5 Å². The van der Waals surface area contributed by atoms with Crippen LogP contribution < -0.4 is 0 Å². The molecule has 0 radical (unpaired) electrons. The zero-order valence-corrected chi connectivity index (χ0v) is 11.5. The van der Waals surface area contributed by atoms with Crippen molar-refractivity contribution in [2.24, 2.45) is 0 Å². The molecule has 0 aliphatic heterocycles. The molecule has 1 heterocycles. The zero-order valence-electron chi connectivity index (χ0n) is 9.17. The Hall–Kier alpha value is -0.800. The van der Waals surface area contributed by atoms with Crippen LogP contribution in [0, 0.1) is 6.92 Å². The first-order valence-electron chi connectivity index (χ1n) is 5.13. The van der Waals surface area contributed by atoms with Crippen molar-refractivity contribution in [3.63, 3.8) is 0 Å². The molecule has 0 saturated carbocycles. The summed E-state index contributed by atoms with van der Waals surface area (Å²) in [4.78, 5) is 0. The lowest BCUT2D eigenvalue weighted by atomic mass is 10.1. The van der Waals surface area contributed by atoms with E-state index in [1.165, 1.54) is 0 Å². The van der Waals surface area contributed by atoms with Crippen LogP contribution in [-0.4, -0.2) is 9.78 Å². The maximum atomic E-state index is 6.21. The van der Waals surface area contributed by atoms with Crippen molar-refractivity contribution in [1.29, 1.82) is 0 Å². The molecule has 4 heteroatoms. The van der Waals surface area contributed by atoms with Crippen LogP contribution >= 0.6 is 27.5 Å². The average molecular weight is 300 g/mol. The Kier molecular flexibility index (Phi) is 3.36. The van der Waals surface area contributed by atoms with E-state index >= 15 is 0 Å². The fourth-order valence-electron chi connectivity index (χ4n) is 1.70. The van der Waals surface area contributed by atoms with Gasteiger partial charge in [0.2, 0.25) is 0 Å². The van der Waals surface area contributed by atoms with Crippen molar-refractivity contribution in [3.8, 4) is 11.3 Å². The highest BCUT2D eigenvalue weighted by Gasteiger charge is 2.15. The molecule has 0 N–H and O–H groups in total. The van der Waals surface area contributed by atoms with Crippen LogP contribution in [0.1, 0.15) is 12.6 Å². The van der Waals surface area contributed by atoms with Gasteiger partial charge in [0, 0.05) is 17.1 Å². The van der Waals surface area contributed by atoms with Crippen LogP contribution in [0.5, 0.6) is 0 Å². The molecule has 1 aromatic carbocycles. The Balaban J connectivity index is 2.68. The summed E-state index contributed by atoms with van der Waals surface area (Å²) >= 11 is 9.78. The molecule has 2 nitrogen and oxygen atoms in total. The molecule has 0 amide bonds. The highest BCUT2D eigenvalue weighted by molar-refractivity contribution is 9.10. The summed E-state index contributed by atoms with van der Waals surface area (Å²) in [5.41, 5.74) is 3.04. The topological polar surface area (TPSA) is 17.8 Å². The van der Waals surface area contributed by atoms with Crippen molar-refractivity contribution >= 4 is 27.5 Å². The zero-order chi connectivity index (χ0) is 11.7. The summed E-state index contributed by atoms with van der Waals surface area (Å²) in [6.45, 7) is 4.88. The van der Waals surface area contributed by atoms with Gasteiger partial charge in [-0.3, -0.25) is 4.68 Å². The van der Waals surface area contributed by atoms with Gasteiger partial charge < -0.3 is 0 Å². The molecule has 0 atom stereocenters. The lowest BCUT2D eigenvalue weighted by Gasteiger charge is -2.07. The molecule has 16 heavy (non-hydrogen) atoms. The minimum Gasteiger partial charge on any atom is -0.264 e. The van der Waals surface area contributed by atoms with E-state index in [4.69, 9.17) is 11.6 Å². The van der Waals surface area contributed by atoms with Gasteiger partial charge >= 0.3 is 0 Å². The number of hydrogen-bond acceptors (Lipinski definition) is 1. The summed E-state index contributed by atoms with van der Waals surface area (Å²) in [5, 5.41) is 5.21. The van der Waals surface area contributed by atoms with E-state index in [0.717, 1.165) is 33.0 Å². The minimum atomic E-state index is 0.748. The fraction of sp³-hybridized carbons (Fsp3) is 0.250. The molecule has 2 aromatic rings. The Morgan fingerprint density at radius 2 is 2.06 bits per heavy atom. The number of hydrogen-bond donors (Lipinski definition) is 0. The van der Waals surface area contributed by atoms with Crippen molar-refractivity contribution in [2.75, 3.05) is 0 Å². The normalized spacial score (nSPS) is 10.8. The number of halogens is 2. The second kappa shape index (κ2) is 4.60. The molecular weight excluding hydrogens is 288 g/mol. The number of benzene rings is 1. The third-order valence-electron chi connectivity index (χ3n) is 2.48. The predicted molar refractivity (Wildman–Crippen MR) is 70.8 cm³/mol. The van der Waals surface area contributed by atoms with Gasteiger partial charge in [-0.25, -0.2) is 0 Å². The Bertz CT molecular complexity index is 520. The lowest BCUT2D eigenvalue weighted by molar-refractivity contribution is 0.660. The summed E-state index contributed by atoms with van der Waals surface area (Å²) < 4.78 is 2.98. The van der Waals surface area contributed by atoms with Gasteiger partial charge in [-0.05, 0) is 35.8 Å². The largest absolute Gasteiger partial charge is 0.264 e. The molecule has 1 aromatic heterocycles. The van der Waals surface area contributed by atoms with E-state index in [1.807, 2.05) is 35.9 Å². The average Bonchev–Trinajstić information content (AvgIpc) is 2.56. The van der Waals surface area contributed by atoms with E-state index in [9.17, 15) is 0 Å². The molecule has 0 bridgehead atoms. The van der Waals surface area contributed by atoms with Crippen LogP contribution in [0.4, 0.5) is 0 Å². The Morgan fingerprint density at radius 3 is 2.69 bits per heavy atom. The molecule has 2 rings (SSSR count). The SMILES string of the molecule is CCn1nc(C)c(Br)c1-c1ccccc1Cl. The molecule has 0 fully saturated rings. The third kappa shape index (κ3) is 1.89. The van der Waals surface area contributed by atoms with Crippen LogP contribution in [0.25, 0.3) is 11.3 Å². The molecule has 0 spiro atoms. The minimum absolute atomic E-state index is 0.748. The van der Waals surface area contributed by atoms with Crippen LogP contribution in [-0.2, 0) is 6.54 Å². The molecular formula is C12H12BrClN2. The van der Waals surface area contributed by atoms with E-state index in [-0.39, 0.29) is 0 Å². The monoisotopic (exact) mass is 298 g/mol. The van der Waals surface area contributed by atoms with Crippen molar-refractivity contribution in [1.82, 2.24) is 9.78 Å². The van der Waals surface area contributed by atoms with Crippen LogP contribution in [0.2, 0.25) is 5.02 Å². The van der Waals surface area contributed by atoms with E-state index in [1.54, 1.807) is 0 Å². The van der Waals surface area contributed by atoms with Gasteiger partial charge in [-0.1, -0.05) is 29.8 Å². The standard InChI is InChI=1S/C12H12BrClN2/c1-3-16-12(11(13)8(2)15-16)9-6-4-5-7-10(9)14/h4-7H,3H2,1-2H3. The van der Waals surface area contributed by atoms with Crippen molar-refractivity contribution in [2.45, 2.75) is 20.4 Å². The first-order valence-corrected chi connectivity index (χ1v) is 6.30. The summed E-state index contributed by atoms with van der Waals surface area (Å²) in [6, 6.07) is 7.82. The van der Waals surface area contributed by atoms with Gasteiger partial charge in [0.25, 0.3) is 0 Å². The van der Waals surface area contributed by atoms with Gasteiger partial charge in [0.1, 0.15) is 0 Å². The molecule has 0 saturated heterocycles. The Labute approximate surface area is 108 Å². The first-order chi connectivity index (χ1) is 7.65.